The Hall–Kier alpha value is 0.340. The zero-order valence-electron chi connectivity index (χ0n) is 7.99. The van der Waals surface area contributed by atoms with Crippen LogP contribution >= 0.6 is 8.07 Å². The minimum atomic E-state index is -2.86. The zero-order chi connectivity index (χ0) is 9.61. The van der Waals surface area contributed by atoms with E-state index in [9.17, 15) is 4.21 Å². The van der Waals surface area contributed by atoms with Gasteiger partial charge in [-0.3, -0.25) is 0 Å². The molecule has 1 unspecified atom stereocenters. The van der Waals surface area contributed by atoms with Crippen LogP contribution in [0.15, 0.2) is 4.13 Å². The maximum absolute atomic E-state index is 11.0. The van der Waals surface area contributed by atoms with Crippen molar-refractivity contribution in [1.29, 1.82) is 0 Å². The molecule has 0 bridgehead atoms. The van der Waals surface area contributed by atoms with Crippen molar-refractivity contribution in [3.05, 3.63) is 0 Å². The molecule has 74 valence electrons. The molecule has 0 aromatic rings. The first-order chi connectivity index (χ1) is 5.49. The summed E-state index contributed by atoms with van der Waals surface area (Å²) in [5.41, 5.74) is 0. The largest absolute Gasteiger partial charge is 0.300 e. The summed E-state index contributed by atoms with van der Waals surface area (Å²) in [5.74, 6) is 0. The maximum Gasteiger partial charge on any atom is 0.161 e. The summed E-state index contributed by atoms with van der Waals surface area (Å²) in [4.78, 5) is 0. The first-order valence-electron chi connectivity index (χ1n) is 4.19. The second-order valence-corrected chi connectivity index (χ2v) is 6.88. The number of hydrogen-bond donors (Lipinski definition) is 1. The van der Waals surface area contributed by atoms with E-state index in [0.717, 1.165) is 25.2 Å². The normalized spacial score (nSPS) is 16.1. The Morgan fingerprint density at radius 1 is 1.33 bits per heavy atom. The molecule has 0 aliphatic rings. The third-order valence-electron chi connectivity index (χ3n) is 1.23. The van der Waals surface area contributed by atoms with Crippen molar-refractivity contribution in [2.24, 2.45) is 4.13 Å². The van der Waals surface area contributed by atoms with E-state index in [1.165, 1.54) is 6.26 Å². The van der Waals surface area contributed by atoms with Crippen LogP contribution in [-0.4, -0.2) is 27.3 Å². The fourth-order valence-corrected chi connectivity index (χ4v) is 4.55. The molecule has 1 N–H and O–H groups in total. The molecule has 0 rings (SSSR count). The highest BCUT2D eigenvalue weighted by Gasteiger charge is 2.06. The van der Waals surface area contributed by atoms with Crippen LogP contribution < -0.4 is 0 Å². The summed E-state index contributed by atoms with van der Waals surface area (Å²) in [6.45, 7) is 4.16. The number of rotatable bonds is 5. The number of nitrogens with zero attached hydrogens (tertiary/aromatic N) is 1. The van der Waals surface area contributed by atoms with Crippen molar-refractivity contribution in [3.63, 3.8) is 0 Å². The standard InChI is InChI=1S/C7H18NO2PS/c1-4-6-11(7-5-2)8-12(3,9)10/h4-7H2,1-3H3,(H,8,9,10). The average molecular weight is 211 g/mol. The van der Waals surface area contributed by atoms with Crippen LogP contribution in [0.25, 0.3) is 0 Å². The third kappa shape index (κ3) is 7.01. The van der Waals surface area contributed by atoms with Gasteiger partial charge in [-0.2, -0.15) is 4.13 Å². The van der Waals surface area contributed by atoms with Crippen LogP contribution in [0.4, 0.5) is 0 Å². The average Bonchev–Trinajstić information content (AvgIpc) is 1.84. The van der Waals surface area contributed by atoms with Gasteiger partial charge >= 0.3 is 0 Å². The van der Waals surface area contributed by atoms with Gasteiger partial charge in [0.25, 0.3) is 0 Å². The van der Waals surface area contributed by atoms with Gasteiger partial charge in [-0.1, -0.05) is 26.7 Å². The van der Waals surface area contributed by atoms with Crippen molar-refractivity contribution in [1.82, 2.24) is 0 Å². The first-order valence-corrected chi connectivity index (χ1v) is 7.73. The van der Waals surface area contributed by atoms with Gasteiger partial charge in [-0.05, 0) is 12.3 Å². The molecule has 5 heteroatoms. The van der Waals surface area contributed by atoms with Crippen molar-refractivity contribution >= 4 is 18.1 Å². The second-order valence-electron chi connectivity index (χ2n) is 2.80. The topological polar surface area (TPSA) is 49.7 Å². The maximum atomic E-state index is 11.0. The predicted molar refractivity (Wildman–Crippen MR) is 56.4 cm³/mol. The minimum absolute atomic E-state index is 0.549. The van der Waals surface area contributed by atoms with Gasteiger partial charge in [0.05, 0.1) is 0 Å². The summed E-state index contributed by atoms with van der Waals surface area (Å²) in [6.07, 6.45) is 5.34. The molecule has 0 fully saturated rings. The van der Waals surface area contributed by atoms with Gasteiger partial charge < -0.3 is 4.55 Å². The first kappa shape index (κ1) is 12.3. The SMILES string of the molecule is CCCP(CCC)N=S(C)(=O)O. The van der Waals surface area contributed by atoms with Gasteiger partial charge in [0.1, 0.15) is 0 Å². The summed E-state index contributed by atoms with van der Waals surface area (Å²) >= 11 is 0. The predicted octanol–water partition coefficient (Wildman–Crippen LogP) is 2.77. The Bertz CT molecular complexity index is 209. The van der Waals surface area contributed by atoms with Crippen molar-refractivity contribution in [3.8, 4) is 0 Å². The van der Waals surface area contributed by atoms with E-state index in [-0.39, 0.29) is 0 Å². The molecule has 0 aromatic carbocycles. The third-order valence-corrected chi connectivity index (χ3v) is 5.29. The van der Waals surface area contributed by atoms with Crippen LogP contribution in [-0.2, 0) is 10.0 Å². The molecule has 0 saturated carbocycles. The molecular formula is C7H18NO2PS. The van der Waals surface area contributed by atoms with E-state index in [1.807, 2.05) is 0 Å². The molecule has 3 nitrogen and oxygen atoms in total. The van der Waals surface area contributed by atoms with Crippen LogP contribution in [0, 0.1) is 0 Å². The number of hydrogen-bond acceptors (Lipinski definition) is 2. The Kier molecular flexibility index (Phi) is 6.06. The van der Waals surface area contributed by atoms with Crippen molar-refractivity contribution in [2.75, 3.05) is 18.6 Å². The van der Waals surface area contributed by atoms with E-state index in [0.29, 0.717) is 0 Å². The Morgan fingerprint density at radius 2 is 1.75 bits per heavy atom. The zero-order valence-corrected chi connectivity index (χ0v) is 9.70. The van der Waals surface area contributed by atoms with E-state index >= 15 is 0 Å². The Morgan fingerprint density at radius 3 is 2.00 bits per heavy atom. The molecule has 0 spiro atoms. The Labute approximate surface area is 76.8 Å². The van der Waals surface area contributed by atoms with Crippen LogP contribution in [0.3, 0.4) is 0 Å². The van der Waals surface area contributed by atoms with Gasteiger partial charge in [0.15, 0.2) is 10.0 Å². The highest BCUT2D eigenvalue weighted by molar-refractivity contribution is 7.91. The van der Waals surface area contributed by atoms with Crippen molar-refractivity contribution in [2.45, 2.75) is 26.7 Å². The molecule has 0 aliphatic heterocycles. The summed E-state index contributed by atoms with van der Waals surface area (Å²) in [5, 5.41) is 0. The smallest absolute Gasteiger partial charge is 0.161 e. The fourth-order valence-electron chi connectivity index (χ4n) is 0.924. The monoisotopic (exact) mass is 211 g/mol. The summed E-state index contributed by atoms with van der Waals surface area (Å²) in [7, 11) is -3.41. The molecule has 0 radical (unpaired) electrons. The minimum Gasteiger partial charge on any atom is -0.300 e. The molecule has 1 atom stereocenters. The molecule has 0 aliphatic carbocycles. The molecule has 0 aromatic heterocycles. The van der Waals surface area contributed by atoms with Gasteiger partial charge in [0.2, 0.25) is 0 Å². The van der Waals surface area contributed by atoms with Crippen molar-refractivity contribution < 1.29 is 8.76 Å². The van der Waals surface area contributed by atoms with Crippen LogP contribution in [0.1, 0.15) is 26.7 Å². The summed E-state index contributed by atoms with van der Waals surface area (Å²) in [6, 6.07) is 0. The second kappa shape index (κ2) is 5.90. The highest BCUT2D eigenvalue weighted by Crippen LogP contribution is 2.39. The van der Waals surface area contributed by atoms with Crippen LogP contribution in [0.2, 0.25) is 0 Å². The van der Waals surface area contributed by atoms with Gasteiger partial charge in [-0.25, -0.2) is 4.21 Å². The molecular weight excluding hydrogens is 193 g/mol. The molecule has 0 heterocycles. The lowest BCUT2D eigenvalue weighted by molar-refractivity contribution is 0.560. The molecule has 0 saturated heterocycles. The summed E-state index contributed by atoms with van der Waals surface area (Å²) < 4.78 is 23.9. The van der Waals surface area contributed by atoms with Crippen LogP contribution in [0.5, 0.6) is 0 Å². The fraction of sp³-hybridized carbons (Fsp3) is 1.00. The molecule has 12 heavy (non-hydrogen) atoms. The van der Waals surface area contributed by atoms with Gasteiger partial charge in [-0.15, -0.1) is 0 Å². The van der Waals surface area contributed by atoms with Gasteiger partial charge in [0, 0.05) is 14.3 Å². The lowest BCUT2D eigenvalue weighted by Crippen LogP contribution is -1.94. The van der Waals surface area contributed by atoms with E-state index in [4.69, 9.17) is 4.55 Å². The van der Waals surface area contributed by atoms with E-state index in [1.54, 1.807) is 0 Å². The lowest BCUT2D eigenvalue weighted by Gasteiger charge is -2.09. The molecule has 0 amide bonds. The quantitative estimate of drug-likeness (QED) is 0.711. The highest BCUT2D eigenvalue weighted by atomic mass is 32.2. The van der Waals surface area contributed by atoms with E-state index in [2.05, 4.69) is 18.0 Å². The lowest BCUT2D eigenvalue weighted by atomic mass is 10.6. The Balaban J connectivity index is 4.22. The van der Waals surface area contributed by atoms with E-state index < -0.39 is 18.1 Å².